The summed E-state index contributed by atoms with van der Waals surface area (Å²) >= 11 is 0. The molecule has 0 N–H and O–H groups in total. The number of hydrogen-bond acceptors (Lipinski definition) is 4. The summed E-state index contributed by atoms with van der Waals surface area (Å²) in [7, 11) is 0. The topological polar surface area (TPSA) is 63.4 Å². The highest BCUT2D eigenvalue weighted by Crippen LogP contribution is 2.22. The van der Waals surface area contributed by atoms with Crippen molar-refractivity contribution < 1.29 is 4.79 Å². The van der Waals surface area contributed by atoms with Gasteiger partial charge in [0, 0.05) is 37.2 Å². The predicted molar refractivity (Wildman–Crippen MR) is 95.1 cm³/mol. The molecule has 4 heterocycles. The summed E-state index contributed by atoms with van der Waals surface area (Å²) in [6.45, 7) is 3.87. The number of carbonyl (C=O) groups is 1. The third kappa shape index (κ3) is 2.99. The summed E-state index contributed by atoms with van der Waals surface area (Å²) < 4.78 is 1.73. The van der Waals surface area contributed by atoms with E-state index in [1.54, 1.807) is 29.3 Å². The van der Waals surface area contributed by atoms with Crippen molar-refractivity contribution in [1.29, 1.82) is 0 Å². The van der Waals surface area contributed by atoms with Crippen molar-refractivity contribution in [2.24, 2.45) is 5.92 Å². The standard InChI is InChI=1S/C19H21N5O/c1-14-4-3-10-23(11-7-14)19(25)16-13-22-24-17(6-9-21-18(16)24)15-5-2-8-20-12-15/h2,5-6,8-9,12-14H,3-4,7,10-11H2,1H3/t14-/m0/s1. The lowest BCUT2D eigenvalue weighted by Gasteiger charge is -2.19. The first-order valence-electron chi connectivity index (χ1n) is 8.76. The Balaban J connectivity index is 1.71. The molecule has 0 unspecified atom stereocenters. The van der Waals surface area contributed by atoms with Gasteiger partial charge in [0.15, 0.2) is 5.65 Å². The van der Waals surface area contributed by atoms with Crippen LogP contribution in [-0.4, -0.2) is 43.5 Å². The maximum atomic E-state index is 13.0. The Kier molecular flexibility index (Phi) is 4.17. The van der Waals surface area contributed by atoms with E-state index in [0.717, 1.165) is 37.2 Å². The molecule has 6 nitrogen and oxygen atoms in total. The van der Waals surface area contributed by atoms with Crippen molar-refractivity contribution in [3.05, 3.63) is 48.5 Å². The van der Waals surface area contributed by atoms with E-state index < -0.39 is 0 Å². The van der Waals surface area contributed by atoms with Gasteiger partial charge in [-0.3, -0.25) is 9.78 Å². The van der Waals surface area contributed by atoms with E-state index in [0.29, 0.717) is 17.1 Å². The maximum absolute atomic E-state index is 13.0. The average Bonchev–Trinajstić information content (AvgIpc) is 2.97. The van der Waals surface area contributed by atoms with Gasteiger partial charge in [0.1, 0.15) is 5.56 Å². The van der Waals surface area contributed by atoms with E-state index in [1.165, 1.54) is 6.42 Å². The molecule has 3 aromatic heterocycles. The van der Waals surface area contributed by atoms with Crippen LogP contribution >= 0.6 is 0 Å². The second-order valence-corrected chi connectivity index (χ2v) is 6.69. The van der Waals surface area contributed by atoms with Crippen LogP contribution in [0.2, 0.25) is 0 Å². The number of carbonyl (C=O) groups excluding carboxylic acids is 1. The van der Waals surface area contributed by atoms with Gasteiger partial charge in [0.25, 0.3) is 5.91 Å². The fraction of sp³-hybridized carbons (Fsp3) is 0.368. The normalized spacial score (nSPS) is 18.3. The van der Waals surface area contributed by atoms with Crippen LogP contribution in [0.5, 0.6) is 0 Å². The smallest absolute Gasteiger partial charge is 0.259 e. The van der Waals surface area contributed by atoms with Crippen molar-refractivity contribution in [2.45, 2.75) is 26.2 Å². The van der Waals surface area contributed by atoms with Crippen LogP contribution in [0.25, 0.3) is 16.9 Å². The third-order valence-corrected chi connectivity index (χ3v) is 4.89. The largest absolute Gasteiger partial charge is 0.338 e. The average molecular weight is 335 g/mol. The SMILES string of the molecule is C[C@H]1CCCN(C(=O)c2cnn3c(-c4cccnc4)ccnc23)CC1. The van der Waals surface area contributed by atoms with Gasteiger partial charge in [-0.2, -0.15) is 5.10 Å². The zero-order valence-corrected chi connectivity index (χ0v) is 14.3. The molecule has 128 valence electrons. The van der Waals surface area contributed by atoms with Gasteiger partial charge in [0.05, 0.1) is 11.9 Å². The Morgan fingerprint density at radius 3 is 2.92 bits per heavy atom. The lowest BCUT2D eigenvalue weighted by molar-refractivity contribution is 0.0762. The summed E-state index contributed by atoms with van der Waals surface area (Å²) in [5.74, 6) is 0.706. The number of pyridine rings is 1. The third-order valence-electron chi connectivity index (χ3n) is 4.89. The first-order valence-corrected chi connectivity index (χ1v) is 8.76. The van der Waals surface area contributed by atoms with Crippen molar-refractivity contribution in [2.75, 3.05) is 13.1 Å². The Hall–Kier alpha value is -2.76. The second kappa shape index (κ2) is 6.63. The molecule has 0 aliphatic carbocycles. The zero-order chi connectivity index (χ0) is 17.2. The number of hydrogen-bond donors (Lipinski definition) is 0. The molecule has 0 aromatic carbocycles. The molecule has 1 aliphatic rings. The highest BCUT2D eigenvalue weighted by atomic mass is 16.2. The molecule has 0 bridgehead atoms. The van der Waals surface area contributed by atoms with Gasteiger partial charge in [-0.15, -0.1) is 0 Å². The van der Waals surface area contributed by atoms with Crippen LogP contribution < -0.4 is 0 Å². The fourth-order valence-electron chi connectivity index (χ4n) is 3.41. The molecule has 1 amide bonds. The van der Waals surface area contributed by atoms with Crippen LogP contribution in [0.4, 0.5) is 0 Å². The van der Waals surface area contributed by atoms with E-state index in [1.807, 2.05) is 23.1 Å². The van der Waals surface area contributed by atoms with Gasteiger partial charge >= 0.3 is 0 Å². The molecule has 1 fully saturated rings. The molecular formula is C19H21N5O. The number of likely N-dealkylation sites (tertiary alicyclic amines) is 1. The highest BCUT2D eigenvalue weighted by Gasteiger charge is 2.23. The molecule has 0 spiro atoms. The van der Waals surface area contributed by atoms with E-state index in [-0.39, 0.29) is 5.91 Å². The van der Waals surface area contributed by atoms with Crippen LogP contribution in [0.3, 0.4) is 0 Å². The van der Waals surface area contributed by atoms with E-state index in [4.69, 9.17) is 0 Å². The van der Waals surface area contributed by atoms with E-state index in [2.05, 4.69) is 22.0 Å². The first-order chi connectivity index (χ1) is 12.2. The Morgan fingerprint density at radius 1 is 1.16 bits per heavy atom. The number of aromatic nitrogens is 4. The minimum Gasteiger partial charge on any atom is -0.338 e. The van der Waals surface area contributed by atoms with Gasteiger partial charge in [-0.1, -0.05) is 6.92 Å². The summed E-state index contributed by atoms with van der Waals surface area (Å²) in [6, 6.07) is 5.75. The quantitative estimate of drug-likeness (QED) is 0.722. The van der Waals surface area contributed by atoms with Crippen LogP contribution in [0, 0.1) is 5.92 Å². The molecule has 4 rings (SSSR count). The van der Waals surface area contributed by atoms with Crippen molar-refractivity contribution in [3.63, 3.8) is 0 Å². The molecule has 3 aromatic rings. The molecule has 1 aliphatic heterocycles. The lowest BCUT2D eigenvalue weighted by Crippen LogP contribution is -2.32. The molecule has 6 heteroatoms. The van der Waals surface area contributed by atoms with E-state index >= 15 is 0 Å². The second-order valence-electron chi connectivity index (χ2n) is 6.69. The Labute approximate surface area is 146 Å². The van der Waals surface area contributed by atoms with Crippen molar-refractivity contribution in [3.8, 4) is 11.3 Å². The number of amides is 1. The van der Waals surface area contributed by atoms with Gasteiger partial charge in [-0.05, 0) is 43.4 Å². The lowest BCUT2D eigenvalue weighted by atomic mass is 10.0. The zero-order valence-electron chi connectivity index (χ0n) is 14.3. The Bertz CT molecular complexity index is 889. The van der Waals surface area contributed by atoms with Gasteiger partial charge < -0.3 is 4.90 Å². The maximum Gasteiger partial charge on any atom is 0.259 e. The molecule has 1 atom stereocenters. The summed E-state index contributed by atoms with van der Waals surface area (Å²) in [6.07, 6.45) is 10.2. The number of nitrogens with zero attached hydrogens (tertiary/aromatic N) is 5. The molecule has 0 radical (unpaired) electrons. The van der Waals surface area contributed by atoms with Gasteiger partial charge in [0.2, 0.25) is 0 Å². The monoisotopic (exact) mass is 335 g/mol. The predicted octanol–water partition coefficient (Wildman–Crippen LogP) is 3.05. The van der Waals surface area contributed by atoms with Crippen LogP contribution in [0.15, 0.2) is 43.0 Å². The molecule has 0 saturated carbocycles. The Morgan fingerprint density at radius 2 is 2.08 bits per heavy atom. The van der Waals surface area contributed by atoms with Crippen LogP contribution in [0.1, 0.15) is 36.5 Å². The minimum absolute atomic E-state index is 0.0277. The number of fused-ring (bicyclic) bond motifs is 1. The summed E-state index contributed by atoms with van der Waals surface area (Å²) in [4.78, 5) is 23.5. The summed E-state index contributed by atoms with van der Waals surface area (Å²) in [5, 5.41) is 4.43. The minimum atomic E-state index is 0.0277. The molecular weight excluding hydrogens is 314 g/mol. The molecule has 1 saturated heterocycles. The van der Waals surface area contributed by atoms with Crippen LogP contribution in [-0.2, 0) is 0 Å². The molecule has 25 heavy (non-hydrogen) atoms. The van der Waals surface area contributed by atoms with Crippen molar-refractivity contribution >= 4 is 11.6 Å². The summed E-state index contributed by atoms with van der Waals surface area (Å²) in [5.41, 5.74) is 2.99. The van der Waals surface area contributed by atoms with E-state index in [9.17, 15) is 4.79 Å². The van der Waals surface area contributed by atoms with Crippen molar-refractivity contribution in [1.82, 2.24) is 24.5 Å². The first kappa shape index (κ1) is 15.7. The number of rotatable bonds is 2. The highest BCUT2D eigenvalue weighted by molar-refractivity contribution is 5.99. The van der Waals surface area contributed by atoms with Gasteiger partial charge in [-0.25, -0.2) is 9.50 Å². The fourth-order valence-corrected chi connectivity index (χ4v) is 3.41.